The SMILES string of the molecule is CNC(C)Cc1noc(-c2csc(-c3ccc([N+](=O)[O-])cc3)n2)n1. The molecule has 1 unspecified atom stereocenters. The highest BCUT2D eigenvalue weighted by atomic mass is 32.1. The Hall–Kier alpha value is -2.65. The van der Waals surface area contributed by atoms with E-state index in [-0.39, 0.29) is 11.7 Å². The van der Waals surface area contributed by atoms with E-state index >= 15 is 0 Å². The number of non-ortho nitro benzene ring substituents is 1. The maximum Gasteiger partial charge on any atom is 0.277 e. The van der Waals surface area contributed by atoms with Gasteiger partial charge in [0, 0.05) is 35.5 Å². The van der Waals surface area contributed by atoms with Gasteiger partial charge in [-0.05, 0) is 26.1 Å². The van der Waals surface area contributed by atoms with Crippen LogP contribution < -0.4 is 5.32 Å². The minimum Gasteiger partial charge on any atom is -0.332 e. The number of nitrogens with one attached hydrogen (secondary N) is 1. The third-order valence-electron chi connectivity index (χ3n) is 3.50. The van der Waals surface area contributed by atoms with Crippen LogP contribution in [0.1, 0.15) is 12.7 Å². The first-order valence-electron chi connectivity index (χ1n) is 7.27. The van der Waals surface area contributed by atoms with Crippen LogP contribution in [-0.2, 0) is 6.42 Å². The maximum atomic E-state index is 10.7. The van der Waals surface area contributed by atoms with E-state index in [1.165, 1.54) is 23.5 Å². The second-order valence-electron chi connectivity index (χ2n) is 5.25. The molecule has 0 bridgehead atoms. The number of nitrogens with zero attached hydrogens (tertiary/aromatic N) is 4. The van der Waals surface area contributed by atoms with Crippen molar-refractivity contribution in [1.82, 2.24) is 20.4 Å². The van der Waals surface area contributed by atoms with E-state index in [0.717, 1.165) is 10.6 Å². The molecule has 1 atom stereocenters. The first kappa shape index (κ1) is 16.2. The van der Waals surface area contributed by atoms with Crippen LogP contribution in [0.15, 0.2) is 34.2 Å². The molecule has 124 valence electrons. The van der Waals surface area contributed by atoms with Crippen LogP contribution in [0, 0.1) is 10.1 Å². The summed E-state index contributed by atoms with van der Waals surface area (Å²) in [5.74, 6) is 0.995. The third kappa shape index (κ3) is 3.47. The average Bonchev–Trinajstić information content (AvgIpc) is 3.24. The van der Waals surface area contributed by atoms with E-state index in [1.807, 2.05) is 19.4 Å². The van der Waals surface area contributed by atoms with Gasteiger partial charge in [-0.2, -0.15) is 4.98 Å². The maximum absolute atomic E-state index is 10.7. The van der Waals surface area contributed by atoms with Gasteiger partial charge in [-0.25, -0.2) is 4.98 Å². The standard InChI is InChI=1S/C15H15N5O3S/c1-9(16-2)7-13-18-14(23-19-13)12-8-24-15(17-12)10-3-5-11(6-4-10)20(21)22/h3-6,8-9,16H,7H2,1-2H3. The minimum atomic E-state index is -0.427. The lowest BCUT2D eigenvalue weighted by atomic mass is 10.2. The predicted molar refractivity (Wildman–Crippen MR) is 89.7 cm³/mol. The van der Waals surface area contributed by atoms with Crippen LogP contribution in [0.4, 0.5) is 5.69 Å². The first-order chi connectivity index (χ1) is 11.6. The number of nitro benzene ring substituents is 1. The van der Waals surface area contributed by atoms with Crippen molar-refractivity contribution in [2.24, 2.45) is 0 Å². The van der Waals surface area contributed by atoms with Gasteiger partial charge in [0.25, 0.3) is 11.6 Å². The number of rotatable bonds is 6. The Morgan fingerprint density at radius 3 is 2.75 bits per heavy atom. The lowest BCUT2D eigenvalue weighted by Gasteiger charge is -2.04. The van der Waals surface area contributed by atoms with E-state index in [9.17, 15) is 10.1 Å². The van der Waals surface area contributed by atoms with Gasteiger partial charge >= 0.3 is 0 Å². The molecule has 2 heterocycles. The van der Waals surface area contributed by atoms with E-state index in [4.69, 9.17) is 4.52 Å². The van der Waals surface area contributed by atoms with Crippen molar-refractivity contribution in [1.29, 1.82) is 0 Å². The van der Waals surface area contributed by atoms with E-state index < -0.39 is 4.92 Å². The zero-order chi connectivity index (χ0) is 17.1. The molecule has 0 aliphatic rings. The Labute approximate surface area is 141 Å². The van der Waals surface area contributed by atoms with Crippen molar-refractivity contribution in [3.05, 3.63) is 45.6 Å². The molecule has 0 saturated heterocycles. The van der Waals surface area contributed by atoms with E-state index in [1.54, 1.807) is 12.1 Å². The number of benzene rings is 1. The lowest BCUT2D eigenvalue weighted by molar-refractivity contribution is -0.384. The van der Waals surface area contributed by atoms with Gasteiger partial charge in [-0.1, -0.05) is 5.16 Å². The smallest absolute Gasteiger partial charge is 0.277 e. The fourth-order valence-corrected chi connectivity index (χ4v) is 2.85. The van der Waals surface area contributed by atoms with Crippen molar-refractivity contribution in [3.8, 4) is 22.2 Å². The Balaban J connectivity index is 1.79. The van der Waals surface area contributed by atoms with Gasteiger partial charge in [0.05, 0.1) is 4.92 Å². The number of nitro groups is 1. The molecule has 0 aliphatic carbocycles. The summed E-state index contributed by atoms with van der Waals surface area (Å²) in [6.45, 7) is 2.03. The van der Waals surface area contributed by atoms with Crippen LogP contribution in [0.25, 0.3) is 22.2 Å². The van der Waals surface area contributed by atoms with Gasteiger partial charge in [-0.3, -0.25) is 10.1 Å². The summed E-state index contributed by atoms with van der Waals surface area (Å²) in [7, 11) is 1.88. The first-order valence-corrected chi connectivity index (χ1v) is 8.15. The summed E-state index contributed by atoms with van der Waals surface area (Å²) < 4.78 is 5.26. The largest absolute Gasteiger partial charge is 0.332 e. The number of likely N-dealkylation sites (N-methyl/N-ethyl adjacent to an activating group) is 1. The monoisotopic (exact) mass is 345 g/mol. The Morgan fingerprint density at radius 1 is 1.33 bits per heavy atom. The minimum absolute atomic E-state index is 0.0516. The molecule has 0 amide bonds. The number of hydrogen-bond donors (Lipinski definition) is 1. The fourth-order valence-electron chi connectivity index (χ4n) is 2.05. The molecule has 1 aromatic carbocycles. The highest BCUT2D eigenvalue weighted by molar-refractivity contribution is 7.13. The van der Waals surface area contributed by atoms with Crippen molar-refractivity contribution in [3.63, 3.8) is 0 Å². The highest BCUT2D eigenvalue weighted by Gasteiger charge is 2.15. The molecular weight excluding hydrogens is 330 g/mol. The van der Waals surface area contributed by atoms with Crippen LogP contribution in [0.2, 0.25) is 0 Å². The third-order valence-corrected chi connectivity index (χ3v) is 4.39. The summed E-state index contributed by atoms with van der Waals surface area (Å²) in [6.07, 6.45) is 0.666. The summed E-state index contributed by atoms with van der Waals surface area (Å²) in [5, 5.41) is 20.3. The molecule has 0 spiro atoms. The van der Waals surface area contributed by atoms with Gasteiger partial charge < -0.3 is 9.84 Å². The van der Waals surface area contributed by atoms with Crippen LogP contribution in [0.3, 0.4) is 0 Å². The average molecular weight is 345 g/mol. The normalized spacial score (nSPS) is 12.2. The summed E-state index contributed by atoms with van der Waals surface area (Å²) in [5.41, 5.74) is 1.46. The molecule has 0 saturated carbocycles. The predicted octanol–water partition coefficient (Wildman–Crippen LogP) is 2.92. The number of aromatic nitrogens is 3. The molecule has 9 heteroatoms. The molecule has 0 aliphatic heterocycles. The van der Waals surface area contributed by atoms with Crippen LogP contribution in [-0.4, -0.2) is 33.1 Å². The van der Waals surface area contributed by atoms with Gasteiger partial charge in [0.15, 0.2) is 5.82 Å². The van der Waals surface area contributed by atoms with Gasteiger partial charge in [0.2, 0.25) is 0 Å². The molecular formula is C15H15N5O3S. The zero-order valence-electron chi connectivity index (χ0n) is 13.1. The number of thiazole rings is 1. The second kappa shape index (κ2) is 6.85. The Morgan fingerprint density at radius 2 is 2.08 bits per heavy atom. The van der Waals surface area contributed by atoms with Crippen molar-refractivity contribution in [2.45, 2.75) is 19.4 Å². The molecule has 0 fully saturated rings. The number of hydrogen-bond acceptors (Lipinski definition) is 8. The molecule has 8 nitrogen and oxygen atoms in total. The van der Waals surface area contributed by atoms with Crippen LogP contribution in [0.5, 0.6) is 0 Å². The van der Waals surface area contributed by atoms with Gasteiger partial charge in [-0.15, -0.1) is 11.3 Å². The molecule has 3 aromatic rings. The molecule has 0 radical (unpaired) electrons. The lowest BCUT2D eigenvalue weighted by Crippen LogP contribution is -2.24. The van der Waals surface area contributed by atoms with Gasteiger partial charge in [0.1, 0.15) is 10.7 Å². The Bertz CT molecular complexity index is 843. The van der Waals surface area contributed by atoms with Crippen molar-refractivity contribution in [2.75, 3.05) is 7.05 Å². The molecule has 2 aromatic heterocycles. The summed E-state index contributed by atoms with van der Waals surface area (Å²) in [4.78, 5) is 19.1. The molecule has 24 heavy (non-hydrogen) atoms. The fraction of sp³-hybridized carbons (Fsp3) is 0.267. The van der Waals surface area contributed by atoms with Crippen molar-refractivity contribution < 1.29 is 9.45 Å². The molecule has 3 rings (SSSR count). The topological polar surface area (TPSA) is 107 Å². The van der Waals surface area contributed by atoms with E-state index in [2.05, 4.69) is 20.4 Å². The summed E-state index contributed by atoms with van der Waals surface area (Å²) >= 11 is 1.42. The molecule has 1 N–H and O–H groups in total. The highest BCUT2D eigenvalue weighted by Crippen LogP contribution is 2.29. The van der Waals surface area contributed by atoms with Crippen molar-refractivity contribution >= 4 is 17.0 Å². The zero-order valence-corrected chi connectivity index (χ0v) is 13.9. The summed E-state index contributed by atoms with van der Waals surface area (Å²) in [6, 6.07) is 6.52. The quantitative estimate of drug-likeness (QED) is 0.540. The van der Waals surface area contributed by atoms with E-state index in [0.29, 0.717) is 23.8 Å². The second-order valence-corrected chi connectivity index (χ2v) is 6.11. The Kier molecular flexibility index (Phi) is 4.63. The van der Waals surface area contributed by atoms with Crippen LogP contribution >= 0.6 is 11.3 Å².